The van der Waals surface area contributed by atoms with Gasteiger partial charge in [0.05, 0.1) is 12.2 Å². The standard InChI is InChI=1S/C28H27BrClNO6/c1-3-34-8-9-35-28(33)25-15(2)31-21-10-17(16-4-6-18(30)7-5-16)11-22(32)27(21)26(25)19-12-23-24(13-20(19)29)37-14-36-23/h4-7,12-13,17,26,31H,3,8-11,14H2,1-2H3/t17-,26+/m1/s1. The Morgan fingerprint density at radius 1 is 1.14 bits per heavy atom. The van der Waals surface area contributed by atoms with E-state index in [1.54, 1.807) is 0 Å². The van der Waals surface area contributed by atoms with Crippen molar-refractivity contribution in [2.24, 2.45) is 0 Å². The summed E-state index contributed by atoms with van der Waals surface area (Å²) in [7, 11) is 0. The fourth-order valence-electron chi connectivity index (χ4n) is 5.16. The molecule has 2 aliphatic heterocycles. The second-order valence-electron chi connectivity index (χ2n) is 9.13. The molecule has 0 unspecified atom stereocenters. The van der Waals surface area contributed by atoms with E-state index in [-0.39, 0.29) is 25.1 Å². The number of nitrogens with one attached hydrogen (secondary N) is 1. The Labute approximate surface area is 228 Å². The number of hydrogen-bond acceptors (Lipinski definition) is 7. The molecule has 0 fully saturated rings. The number of esters is 1. The van der Waals surface area contributed by atoms with Gasteiger partial charge in [-0.05, 0) is 61.6 Å². The molecule has 0 aromatic heterocycles. The Hall–Kier alpha value is -2.81. The van der Waals surface area contributed by atoms with Crippen LogP contribution >= 0.6 is 27.5 Å². The lowest BCUT2D eigenvalue weighted by atomic mass is 9.71. The number of halogens is 2. The summed E-state index contributed by atoms with van der Waals surface area (Å²) in [6, 6.07) is 11.3. The molecule has 0 spiro atoms. The predicted octanol–water partition coefficient (Wildman–Crippen LogP) is 5.77. The van der Waals surface area contributed by atoms with Crippen LogP contribution in [-0.4, -0.2) is 38.4 Å². The lowest BCUT2D eigenvalue weighted by molar-refractivity contribution is -0.140. The fourth-order valence-corrected chi connectivity index (χ4v) is 5.84. The van der Waals surface area contributed by atoms with Crippen LogP contribution in [0.2, 0.25) is 5.02 Å². The molecule has 37 heavy (non-hydrogen) atoms. The maximum Gasteiger partial charge on any atom is 0.336 e. The van der Waals surface area contributed by atoms with Crippen molar-refractivity contribution in [2.45, 2.75) is 38.5 Å². The van der Waals surface area contributed by atoms with Gasteiger partial charge in [-0.15, -0.1) is 0 Å². The van der Waals surface area contributed by atoms with Crippen molar-refractivity contribution in [1.82, 2.24) is 5.32 Å². The number of fused-ring (bicyclic) bond motifs is 1. The number of benzene rings is 2. The van der Waals surface area contributed by atoms with Gasteiger partial charge in [0, 0.05) is 45.4 Å². The van der Waals surface area contributed by atoms with Crippen LogP contribution in [0.4, 0.5) is 0 Å². The summed E-state index contributed by atoms with van der Waals surface area (Å²) in [5.41, 5.74) is 4.23. The number of Topliss-reactive ketones (excluding diaryl/α,β-unsaturated/α-hetero) is 1. The molecule has 2 atom stereocenters. The average Bonchev–Trinajstić information content (AvgIpc) is 3.32. The van der Waals surface area contributed by atoms with Crippen molar-refractivity contribution < 1.29 is 28.5 Å². The first-order valence-electron chi connectivity index (χ1n) is 12.2. The minimum Gasteiger partial charge on any atom is -0.460 e. The summed E-state index contributed by atoms with van der Waals surface area (Å²) < 4.78 is 22.8. The Morgan fingerprint density at radius 3 is 2.59 bits per heavy atom. The molecule has 1 aliphatic carbocycles. The number of hydrogen-bond donors (Lipinski definition) is 1. The molecular formula is C28H27BrClNO6. The Morgan fingerprint density at radius 2 is 1.86 bits per heavy atom. The molecule has 0 saturated heterocycles. The van der Waals surface area contributed by atoms with Gasteiger partial charge in [-0.3, -0.25) is 4.79 Å². The minimum absolute atomic E-state index is 0.00403. The van der Waals surface area contributed by atoms with Crippen LogP contribution in [0.3, 0.4) is 0 Å². The number of carbonyl (C=O) groups is 2. The Kier molecular flexibility index (Phi) is 7.60. The van der Waals surface area contributed by atoms with Gasteiger partial charge < -0.3 is 24.3 Å². The first kappa shape index (κ1) is 25.8. The summed E-state index contributed by atoms with van der Waals surface area (Å²) in [5, 5.41) is 4.03. The molecule has 0 amide bonds. The smallest absolute Gasteiger partial charge is 0.336 e. The summed E-state index contributed by atoms with van der Waals surface area (Å²) >= 11 is 9.73. The van der Waals surface area contributed by atoms with Crippen LogP contribution < -0.4 is 14.8 Å². The van der Waals surface area contributed by atoms with E-state index < -0.39 is 11.9 Å². The first-order chi connectivity index (χ1) is 17.9. The van der Waals surface area contributed by atoms with E-state index in [1.165, 1.54) is 0 Å². The summed E-state index contributed by atoms with van der Waals surface area (Å²) in [4.78, 5) is 27.2. The first-order valence-corrected chi connectivity index (χ1v) is 13.4. The van der Waals surface area contributed by atoms with Crippen molar-refractivity contribution in [3.05, 3.63) is 79.6 Å². The van der Waals surface area contributed by atoms with Crippen molar-refractivity contribution in [3.8, 4) is 11.5 Å². The van der Waals surface area contributed by atoms with Crippen molar-refractivity contribution in [1.29, 1.82) is 0 Å². The Bertz CT molecular complexity index is 1300. The number of rotatable bonds is 7. The molecule has 0 saturated carbocycles. The zero-order chi connectivity index (χ0) is 26.1. The van der Waals surface area contributed by atoms with Gasteiger partial charge in [-0.25, -0.2) is 4.79 Å². The molecule has 194 valence electrons. The molecule has 9 heteroatoms. The van der Waals surface area contributed by atoms with Crippen molar-refractivity contribution in [3.63, 3.8) is 0 Å². The molecule has 3 aliphatic rings. The van der Waals surface area contributed by atoms with Crippen LogP contribution in [-0.2, 0) is 19.1 Å². The molecular weight excluding hydrogens is 562 g/mol. The second-order valence-corrected chi connectivity index (χ2v) is 10.4. The quantitative estimate of drug-likeness (QED) is 0.325. The fraction of sp³-hybridized carbons (Fsp3) is 0.357. The summed E-state index contributed by atoms with van der Waals surface area (Å²) in [5.74, 6) is 0.0533. The highest BCUT2D eigenvalue weighted by Gasteiger charge is 2.42. The highest BCUT2D eigenvalue weighted by atomic mass is 79.9. The molecule has 2 heterocycles. The summed E-state index contributed by atoms with van der Waals surface area (Å²) in [6.07, 6.45) is 0.956. The summed E-state index contributed by atoms with van der Waals surface area (Å²) in [6.45, 7) is 4.80. The third-order valence-corrected chi connectivity index (χ3v) is 7.80. The van der Waals surface area contributed by atoms with E-state index in [0.29, 0.717) is 59.4 Å². The van der Waals surface area contributed by atoms with Crippen LogP contribution in [0.1, 0.15) is 49.7 Å². The molecule has 0 bridgehead atoms. The lowest BCUT2D eigenvalue weighted by Crippen LogP contribution is -2.36. The molecule has 1 N–H and O–H groups in total. The highest BCUT2D eigenvalue weighted by Crippen LogP contribution is 2.49. The van der Waals surface area contributed by atoms with Crippen molar-refractivity contribution >= 4 is 39.3 Å². The van der Waals surface area contributed by atoms with E-state index in [1.807, 2.05) is 50.2 Å². The molecule has 5 rings (SSSR count). The number of carbonyl (C=O) groups excluding carboxylic acids is 2. The van der Waals surface area contributed by atoms with E-state index >= 15 is 0 Å². The van der Waals surface area contributed by atoms with Gasteiger partial charge in [-0.2, -0.15) is 0 Å². The van der Waals surface area contributed by atoms with Gasteiger partial charge in [0.1, 0.15) is 6.61 Å². The zero-order valence-corrected chi connectivity index (χ0v) is 22.9. The largest absolute Gasteiger partial charge is 0.460 e. The maximum absolute atomic E-state index is 13.8. The molecule has 7 nitrogen and oxygen atoms in total. The van der Waals surface area contributed by atoms with Gasteiger partial charge in [-0.1, -0.05) is 39.7 Å². The molecule has 2 aromatic rings. The second kappa shape index (κ2) is 10.9. The van der Waals surface area contributed by atoms with Crippen molar-refractivity contribution in [2.75, 3.05) is 26.6 Å². The number of ether oxygens (including phenoxy) is 4. The molecule has 2 aromatic carbocycles. The average molecular weight is 589 g/mol. The number of allylic oxidation sites excluding steroid dienone is 3. The SMILES string of the molecule is CCOCCOC(=O)C1=C(C)NC2=C(C(=O)C[C@H](c3ccc(Cl)cc3)C2)[C@H]1c1cc2c(cc1Br)OCO2. The van der Waals surface area contributed by atoms with Gasteiger partial charge >= 0.3 is 5.97 Å². The monoisotopic (exact) mass is 587 g/mol. The van der Waals surface area contributed by atoms with E-state index in [4.69, 9.17) is 30.5 Å². The van der Waals surface area contributed by atoms with Crippen LogP contribution in [0.25, 0.3) is 0 Å². The van der Waals surface area contributed by atoms with Crippen LogP contribution in [0.15, 0.2) is 63.4 Å². The van der Waals surface area contributed by atoms with Crippen LogP contribution in [0.5, 0.6) is 11.5 Å². The van der Waals surface area contributed by atoms with Crippen LogP contribution in [0, 0.1) is 0 Å². The maximum atomic E-state index is 13.8. The van der Waals surface area contributed by atoms with E-state index in [0.717, 1.165) is 21.3 Å². The number of dihydropyridines is 1. The normalized spacial score (nSPS) is 20.6. The Balaban J connectivity index is 1.56. The van der Waals surface area contributed by atoms with E-state index in [2.05, 4.69) is 21.2 Å². The van der Waals surface area contributed by atoms with Gasteiger partial charge in [0.2, 0.25) is 6.79 Å². The molecule has 0 radical (unpaired) electrons. The highest BCUT2D eigenvalue weighted by molar-refractivity contribution is 9.10. The predicted molar refractivity (Wildman–Crippen MR) is 142 cm³/mol. The third kappa shape index (κ3) is 5.15. The van der Waals surface area contributed by atoms with Gasteiger partial charge in [0.15, 0.2) is 17.3 Å². The zero-order valence-electron chi connectivity index (χ0n) is 20.6. The lowest BCUT2D eigenvalue weighted by Gasteiger charge is -2.37. The third-order valence-electron chi connectivity index (χ3n) is 6.86. The van der Waals surface area contributed by atoms with E-state index in [9.17, 15) is 9.59 Å². The van der Waals surface area contributed by atoms with Gasteiger partial charge in [0.25, 0.3) is 0 Å². The minimum atomic E-state index is -0.626. The number of ketones is 1. The topological polar surface area (TPSA) is 83.1 Å².